The molecule has 3 rings (SSSR count). The molecule has 6 nitrogen and oxygen atoms in total. The van der Waals surface area contributed by atoms with E-state index in [2.05, 4.69) is 33.1 Å². The van der Waals surface area contributed by atoms with Gasteiger partial charge >= 0.3 is 0 Å². The maximum atomic E-state index is 12.4. The van der Waals surface area contributed by atoms with Crippen LogP contribution in [0.1, 0.15) is 12.5 Å². The fourth-order valence-electron chi connectivity index (χ4n) is 2.37. The SMILES string of the molecule is C=CCn1c(SC(C)C(=O)Nc2nccs2)nnc1-c1cccc(C)c1. The Kier molecular flexibility index (Phi) is 5.85. The molecule has 0 aliphatic carbocycles. The Morgan fingerprint density at radius 1 is 1.46 bits per heavy atom. The van der Waals surface area contributed by atoms with E-state index in [1.54, 1.807) is 12.3 Å². The molecule has 2 heterocycles. The summed E-state index contributed by atoms with van der Waals surface area (Å²) in [6, 6.07) is 8.10. The number of hydrogen-bond donors (Lipinski definition) is 1. The van der Waals surface area contributed by atoms with Crippen molar-refractivity contribution in [3.05, 3.63) is 54.1 Å². The molecule has 0 bridgehead atoms. The Morgan fingerprint density at radius 3 is 3.00 bits per heavy atom. The molecule has 8 heteroatoms. The van der Waals surface area contributed by atoms with Gasteiger partial charge in [0.2, 0.25) is 5.91 Å². The molecule has 1 aromatic carbocycles. The molecule has 1 N–H and O–H groups in total. The predicted molar refractivity (Wildman–Crippen MR) is 106 cm³/mol. The van der Waals surface area contributed by atoms with E-state index in [1.165, 1.54) is 23.1 Å². The monoisotopic (exact) mass is 385 g/mol. The lowest BCUT2D eigenvalue weighted by atomic mass is 10.1. The molecule has 0 saturated carbocycles. The molecule has 134 valence electrons. The lowest BCUT2D eigenvalue weighted by Crippen LogP contribution is -2.22. The van der Waals surface area contributed by atoms with Crippen LogP contribution in [0.25, 0.3) is 11.4 Å². The molecule has 2 aromatic heterocycles. The Labute approximate surface area is 160 Å². The number of aryl methyl sites for hydroxylation is 1. The van der Waals surface area contributed by atoms with Gasteiger partial charge in [-0.3, -0.25) is 9.36 Å². The normalized spacial score (nSPS) is 11.9. The van der Waals surface area contributed by atoms with Crippen molar-refractivity contribution >= 4 is 34.1 Å². The van der Waals surface area contributed by atoms with Gasteiger partial charge in [0.15, 0.2) is 16.1 Å². The lowest BCUT2D eigenvalue weighted by molar-refractivity contribution is -0.115. The number of thiazole rings is 1. The Hall–Kier alpha value is -2.45. The third-order valence-corrected chi connectivity index (χ3v) is 5.39. The average Bonchev–Trinajstić information content (AvgIpc) is 3.26. The number of thioether (sulfide) groups is 1. The van der Waals surface area contributed by atoms with Gasteiger partial charge in [0, 0.05) is 23.7 Å². The van der Waals surface area contributed by atoms with Crippen LogP contribution in [0.2, 0.25) is 0 Å². The van der Waals surface area contributed by atoms with Crippen molar-refractivity contribution in [2.45, 2.75) is 30.8 Å². The average molecular weight is 386 g/mol. The fourth-order valence-corrected chi connectivity index (χ4v) is 3.76. The number of anilines is 1. The number of hydrogen-bond acceptors (Lipinski definition) is 6. The van der Waals surface area contributed by atoms with Crippen molar-refractivity contribution in [3.63, 3.8) is 0 Å². The molecule has 0 aliphatic rings. The van der Waals surface area contributed by atoms with E-state index < -0.39 is 0 Å². The van der Waals surface area contributed by atoms with Crippen LogP contribution in [0, 0.1) is 6.92 Å². The highest BCUT2D eigenvalue weighted by Crippen LogP contribution is 2.28. The second-order valence-electron chi connectivity index (χ2n) is 5.66. The molecule has 1 amide bonds. The molecule has 0 fully saturated rings. The first kappa shape index (κ1) is 18.3. The second kappa shape index (κ2) is 8.29. The number of rotatable bonds is 7. The molecule has 0 spiro atoms. The smallest absolute Gasteiger partial charge is 0.239 e. The van der Waals surface area contributed by atoms with E-state index in [-0.39, 0.29) is 11.2 Å². The standard InChI is InChI=1S/C18H19N5OS2/c1-4-9-23-15(14-7-5-6-12(2)11-14)21-22-18(23)26-13(3)16(24)20-17-19-8-10-25-17/h4-8,10-11,13H,1,9H2,2-3H3,(H,19,20,24). The number of nitrogens with zero attached hydrogens (tertiary/aromatic N) is 4. The van der Waals surface area contributed by atoms with E-state index in [0.29, 0.717) is 16.8 Å². The quantitative estimate of drug-likeness (QED) is 0.491. The minimum Gasteiger partial charge on any atom is -0.301 e. The van der Waals surface area contributed by atoms with Gasteiger partial charge in [-0.15, -0.1) is 28.1 Å². The van der Waals surface area contributed by atoms with Crippen LogP contribution < -0.4 is 5.32 Å². The summed E-state index contributed by atoms with van der Waals surface area (Å²) >= 11 is 2.76. The van der Waals surface area contributed by atoms with Crippen LogP contribution >= 0.6 is 23.1 Å². The molecular weight excluding hydrogens is 366 g/mol. The number of benzene rings is 1. The zero-order valence-corrected chi connectivity index (χ0v) is 16.2. The Balaban J connectivity index is 1.81. The molecule has 3 aromatic rings. The lowest BCUT2D eigenvalue weighted by Gasteiger charge is -2.12. The summed E-state index contributed by atoms with van der Waals surface area (Å²) in [4.78, 5) is 16.4. The molecule has 1 unspecified atom stereocenters. The van der Waals surface area contributed by atoms with Crippen LogP contribution in [0.4, 0.5) is 5.13 Å². The number of carbonyl (C=O) groups is 1. The zero-order valence-electron chi connectivity index (χ0n) is 14.5. The summed E-state index contributed by atoms with van der Waals surface area (Å²) < 4.78 is 1.97. The first-order valence-electron chi connectivity index (χ1n) is 8.06. The summed E-state index contributed by atoms with van der Waals surface area (Å²) in [6.45, 7) is 8.27. The van der Waals surface area contributed by atoms with Gasteiger partial charge in [0.1, 0.15) is 0 Å². The van der Waals surface area contributed by atoms with Gasteiger partial charge < -0.3 is 5.32 Å². The van der Waals surface area contributed by atoms with Crippen molar-refractivity contribution < 1.29 is 4.79 Å². The van der Waals surface area contributed by atoms with Crippen molar-refractivity contribution in [2.75, 3.05) is 5.32 Å². The molecule has 0 radical (unpaired) electrons. The van der Waals surface area contributed by atoms with Gasteiger partial charge in [0.25, 0.3) is 0 Å². The highest BCUT2D eigenvalue weighted by Gasteiger charge is 2.21. The summed E-state index contributed by atoms with van der Waals surface area (Å²) in [5.41, 5.74) is 2.15. The highest BCUT2D eigenvalue weighted by atomic mass is 32.2. The summed E-state index contributed by atoms with van der Waals surface area (Å²) in [6.07, 6.45) is 3.46. The number of aromatic nitrogens is 4. The van der Waals surface area contributed by atoms with Crippen molar-refractivity contribution in [1.82, 2.24) is 19.7 Å². The molecule has 1 atom stereocenters. The maximum absolute atomic E-state index is 12.4. The van der Waals surface area contributed by atoms with Crippen LogP contribution in [0.15, 0.2) is 53.7 Å². The Morgan fingerprint density at radius 2 is 2.31 bits per heavy atom. The third-order valence-electron chi connectivity index (χ3n) is 3.62. The zero-order chi connectivity index (χ0) is 18.5. The van der Waals surface area contributed by atoms with Crippen LogP contribution in [0.3, 0.4) is 0 Å². The minimum atomic E-state index is -0.336. The van der Waals surface area contributed by atoms with Gasteiger partial charge in [-0.1, -0.05) is 41.6 Å². The molecule has 0 saturated heterocycles. The maximum Gasteiger partial charge on any atom is 0.239 e. The topological polar surface area (TPSA) is 72.7 Å². The number of nitrogens with one attached hydrogen (secondary N) is 1. The summed E-state index contributed by atoms with van der Waals surface area (Å²) in [5.74, 6) is 0.652. The van der Waals surface area contributed by atoms with Gasteiger partial charge in [0.05, 0.1) is 5.25 Å². The largest absolute Gasteiger partial charge is 0.301 e. The van der Waals surface area contributed by atoms with Gasteiger partial charge in [-0.25, -0.2) is 4.98 Å². The van der Waals surface area contributed by atoms with Gasteiger partial charge in [-0.2, -0.15) is 0 Å². The van der Waals surface area contributed by atoms with Crippen LogP contribution in [-0.2, 0) is 11.3 Å². The van der Waals surface area contributed by atoms with Crippen molar-refractivity contribution in [2.24, 2.45) is 0 Å². The third kappa shape index (κ3) is 4.20. The second-order valence-corrected chi connectivity index (χ2v) is 7.86. The highest BCUT2D eigenvalue weighted by molar-refractivity contribution is 8.00. The van der Waals surface area contributed by atoms with Crippen LogP contribution in [0.5, 0.6) is 0 Å². The number of carbonyl (C=O) groups excluding carboxylic acids is 1. The summed E-state index contributed by atoms with van der Waals surface area (Å²) in [7, 11) is 0. The van der Waals surface area contributed by atoms with E-state index in [0.717, 1.165) is 17.0 Å². The van der Waals surface area contributed by atoms with Crippen molar-refractivity contribution in [3.8, 4) is 11.4 Å². The number of amides is 1. The summed E-state index contributed by atoms with van der Waals surface area (Å²) in [5, 5.41) is 14.2. The number of allylic oxidation sites excluding steroid dienone is 1. The minimum absolute atomic E-state index is 0.116. The molecule has 26 heavy (non-hydrogen) atoms. The van der Waals surface area contributed by atoms with Gasteiger partial charge in [-0.05, 0) is 19.9 Å². The van der Waals surface area contributed by atoms with Crippen LogP contribution in [-0.4, -0.2) is 30.9 Å². The van der Waals surface area contributed by atoms with E-state index >= 15 is 0 Å². The molecular formula is C18H19N5OS2. The van der Waals surface area contributed by atoms with E-state index in [4.69, 9.17) is 0 Å². The first-order valence-corrected chi connectivity index (χ1v) is 9.82. The predicted octanol–water partition coefficient (Wildman–Crippen LogP) is 4.02. The van der Waals surface area contributed by atoms with Crippen molar-refractivity contribution in [1.29, 1.82) is 0 Å². The molecule has 0 aliphatic heterocycles. The fraction of sp³-hybridized carbons (Fsp3) is 0.222. The Bertz CT molecular complexity index is 904. The van der Waals surface area contributed by atoms with E-state index in [9.17, 15) is 4.79 Å². The van der Waals surface area contributed by atoms with E-state index in [1.807, 2.05) is 42.0 Å². The first-order chi connectivity index (χ1) is 12.6.